The Morgan fingerprint density at radius 1 is 0.370 bits per heavy atom. The first-order valence-electron chi connectivity index (χ1n) is 18.4. The number of hydrogen-bond donors (Lipinski definition) is 2. The second-order valence-electron chi connectivity index (χ2n) is 14.2. The molecule has 0 fully saturated rings. The maximum absolute atomic E-state index is 5.84. The standard InChI is InChI=1S/C50H30N4/c1-3-13-29(14-4-1)31-23-25-35-33-17-7-10-20-39(33)52-47(35)44(31)45-38-27-28-42-43(37-19-9-12-22-41(37)51-42)49(38)54-50(45)46-32(30-15-5-2-6-16-30)24-26-36-34-18-8-11-21-40(34)53-48(36)46/h1-28,52-53H. The van der Waals surface area contributed by atoms with Gasteiger partial charge < -0.3 is 9.97 Å². The average molecular weight is 687 g/mol. The molecule has 8 aromatic carbocycles. The van der Waals surface area contributed by atoms with Gasteiger partial charge in [0.15, 0.2) is 0 Å². The van der Waals surface area contributed by atoms with E-state index in [1.54, 1.807) is 0 Å². The number of nitrogens with zero attached hydrogens (tertiary/aromatic N) is 2. The van der Waals surface area contributed by atoms with Gasteiger partial charge in [0.1, 0.15) is 0 Å². The highest BCUT2D eigenvalue weighted by Gasteiger charge is 2.32. The van der Waals surface area contributed by atoms with Crippen LogP contribution in [0.1, 0.15) is 11.1 Å². The minimum atomic E-state index is 0.946. The summed E-state index contributed by atoms with van der Waals surface area (Å²) in [5, 5.41) is 6.83. The summed E-state index contributed by atoms with van der Waals surface area (Å²) in [5.41, 5.74) is 17.4. The molecule has 10 aromatic rings. The van der Waals surface area contributed by atoms with Crippen molar-refractivity contribution in [1.82, 2.24) is 9.97 Å². The molecule has 0 radical (unpaired) electrons. The van der Waals surface area contributed by atoms with Gasteiger partial charge in [-0.05, 0) is 52.6 Å². The van der Waals surface area contributed by atoms with E-state index in [4.69, 9.17) is 9.98 Å². The molecule has 0 atom stereocenters. The van der Waals surface area contributed by atoms with Crippen LogP contribution in [0, 0.1) is 0 Å². The Bertz CT molecular complexity index is 3370. The highest BCUT2D eigenvalue weighted by atomic mass is 14.8. The molecule has 0 bridgehead atoms. The van der Waals surface area contributed by atoms with Crippen LogP contribution in [0.25, 0.3) is 82.6 Å². The first kappa shape index (κ1) is 29.3. The summed E-state index contributed by atoms with van der Waals surface area (Å²) >= 11 is 0. The Balaban J connectivity index is 1.29. The minimum Gasteiger partial charge on any atom is -0.354 e. The smallest absolute Gasteiger partial charge is 0.0823 e. The van der Waals surface area contributed by atoms with Gasteiger partial charge in [0.05, 0.1) is 33.5 Å². The second kappa shape index (κ2) is 11.1. The van der Waals surface area contributed by atoms with Crippen LogP contribution in [0.5, 0.6) is 0 Å². The molecule has 0 amide bonds. The van der Waals surface area contributed by atoms with Crippen LogP contribution in [0.15, 0.2) is 180 Å². The topological polar surface area (TPSA) is 56.3 Å². The Kier molecular flexibility index (Phi) is 6.02. The largest absolute Gasteiger partial charge is 0.354 e. The highest BCUT2D eigenvalue weighted by molar-refractivity contribution is 6.42. The number of nitrogens with one attached hydrogen (secondary N) is 2. The maximum Gasteiger partial charge on any atom is 0.0823 e. The zero-order valence-corrected chi connectivity index (χ0v) is 29.1. The molecule has 0 saturated heterocycles. The van der Waals surface area contributed by atoms with E-state index in [-0.39, 0.29) is 0 Å². The summed E-state index contributed by atoms with van der Waals surface area (Å²) in [6, 6.07) is 60.7. The first-order chi connectivity index (χ1) is 26.8. The van der Waals surface area contributed by atoms with Crippen molar-refractivity contribution in [3.05, 3.63) is 192 Å². The number of aromatic amines is 2. The summed E-state index contributed by atoms with van der Waals surface area (Å²) in [7, 11) is 0. The van der Waals surface area contributed by atoms with E-state index in [0.717, 1.165) is 99.8 Å². The molecule has 2 aliphatic heterocycles. The predicted molar refractivity (Wildman–Crippen MR) is 224 cm³/mol. The van der Waals surface area contributed by atoms with Gasteiger partial charge in [-0.2, -0.15) is 0 Å². The number of rotatable bonds is 4. The van der Waals surface area contributed by atoms with Gasteiger partial charge in [0, 0.05) is 65.6 Å². The zero-order chi connectivity index (χ0) is 35.3. The van der Waals surface area contributed by atoms with Crippen LogP contribution >= 0.6 is 0 Å². The van der Waals surface area contributed by atoms with E-state index >= 15 is 0 Å². The van der Waals surface area contributed by atoms with Gasteiger partial charge in [-0.1, -0.05) is 140 Å². The maximum atomic E-state index is 5.84. The molecule has 2 N–H and O–H groups in total. The predicted octanol–water partition coefficient (Wildman–Crippen LogP) is 11.6. The molecular formula is C50H30N4. The highest BCUT2D eigenvalue weighted by Crippen LogP contribution is 2.46. The van der Waals surface area contributed by atoms with E-state index in [9.17, 15) is 0 Å². The van der Waals surface area contributed by atoms with Gasteiger partial charge in [-0.25, -0.2) is 9.98 Å². The van der Waals surface area contributed by atoms with Gasteiger partial charge in [0.2, 0.25) is 0 Å². The molecule has 4 heterocycles. The summed E-state index contributed by atoms with van der Waals surface area (Å²) in [5.74, 6) is 0. The lowest BCUT2D eigenvalue weighted by Crippen LogP contribution is -2.16. The minimum absolute atomic E-state index is 0.946. The normalized spacial score (nSPS) is 13.0. The van der Waals surface area contributed by atoms with Gasteiger partial charge >= 0.3 is 0 Å². The third-order valence-electron chi connectivity index (χ3n) is 11.3. The summed E-state index contributed by atoms with van der Waals surface area (Å²) in [6.07, 6.45) is 0. The Labute approximate surface area is 310 Å². The molecule has 0 spiro atoms. The second-order valence-corrected chi connectivity index (χ2v) is 14.2. The molecule has 2 aliphatic rings. The third-order valence-corrected chi connectivity index (χ3v) is 11.3. The van der Waals surface area contributed by atoms with E-state index in [0.29, 0.717) is 0 Å². The monoisotopic (exact) mass is 686 g/mol. The van der Waals surface area contributed by atoms with Crippen LogP contribution < -0.4 is 10.6 Å². The third kappa shape index (κ3) is 4.08. The van der Waals surface area contributed by atoms with E-state index in [1.807, 2.05) is 0 Å². The van der Waals surface area contributed by atoms with Crippen LogP contribution in [0.4, 0.5) is 11.4 Å². The molecule has 4 nitrogen and oxygen atoms in total. The van der Waals surface area contributed by atoms with Gasteiger partial charge in [-0.15, -0.1) is 0 Å². The zero-order valence-electron chi connectivity index (χ0n) is 29.1. The molecule has 4 heteroatoms. The number of benzene rings is 8. The first-order valence-corrected chi connectivity index (χ1v) is 18.4. The quantitative estimate of drug-likeness (QED) is 0.185. The molecule has 2 aromatic heterocycles. The van der Waals surface area contributed by atoms with Crippen molar-refractivity contribution < 1.29 is 0 Å². The Morgan fingerprint density at radius 3 is 1.59 bits per heavy atom. The van der Waals surface area contributed by atoms with Crippen molar-refractivity contribution in [3.8, 4) is 33.4 Å². The van der Waals surface area contributed by atoms with Crippen molar-refractivity contribution in [2.45, 2.75) is 0 Å². The molecular weight excluding hydrogens is 657 g/mol. The lowest BCUT2D eigenvalue weighted by molar-refractivity contribution is 1.39. The van der Waals surface area contributed by atoms with Crippen LogP contribution in [0.3, 0.4) is 0 Å². The summed E-state index contributed by atoms with van der Waals surface area (Å²) in [6.45, 7) is 0. The average Bonchev–Trinajstić information content (AvgIpc) is 4.00. The molecule has 0 saturated carbocycles. The van der Waals surface area contributed by atoms with Crippen molar-refractivity contribution >= 4 is 66.3 Å². The SMILES string of the molecule is c1ccc(-c2ccc3c([nH]c4ccccc43)c2C2=Nc3c4c(ccc3=C2c2c(-c3ccccc3)ccc3c2[nH]c2ccccc23)=Nc2ccccc2-4)cc1. The Hall–Kier alpha value is -7.30. The van der Waals surface area contributed by atoms with Crippen LogP contribution in [0.2, 0.25) is 0 Å². The molecule has 0 aliphatic carbocycles. The number of fused-ring (bicyclic) bond motifs is 11. The van der Waals surface area contributed by atoms with E-state index in [2.05, 4.69) is 180 Å². The fraction of sp³-hybridized carbons (Fsp3) is 0. The van der Waals surface area contributed by atoms with Gasteiger partial charge in [0.25, 0.3) is 0 Å². The van der Waals surface area contributed by atoms with Crippen LogP contribution in [-0.2, 0) is 0 Å². The lowest BCUT2D eigenvalue weighted by atomic mass is 9.84. The molecule has 0 unspecified atom stereocenters. The molecule has 12 rings (SSSR count). The van der Waals surface area contributed by atoms with Crippen molar-refractivity contribution in [3.63, 3.8) is 0 Å². The Morgan fingerprint density at radius 2 is 0.926 bits per heavy atom. The fourth-order valence-electron chi connectivity index (χ4n) is 8.96. The number of aromatic nitrogens is 2. The van der Waals surface area contributed by atoms with Crippen molar-refractivity contribution in [1.29, 1.82) is 0 Å². The lowest BCUT2D eigenvalue weighted by Gasteiger charge is -2.18. The number of para-hydroxylation sites is 3. The van der Waals surface area contributed by atoms with Crippen LogP contribution in [-0.4, -0.2) is 15.7 Å². The van der Waals surface area contributed by atoms with E-state index in [1.165, 1.54) is 21.5 Å². The van der Waals surface area contributed by atoms with Crippen molar-refractivity contribution in [2.24, 2.45) is 9.98 Å². The fourth-order valence-corrected chi connectivity index (χ4v) is 8.96. The number of hydrogen-bond acceptors (Lipinski definition) is 2. The number of aliphatic imine (C=N–C) groups is 1. The summed E-state index contributed by atoms with van der Waals surface area (Å²) < 4.78 is 0. The van der Waals surface area contributed by atoms with Gasteiger partial charge in [-0.3, -0.25) is 0 Å². The number of H-pyrrole nitrogens is 2. The van der Waals surface area contributed by atoms with Crippen molar-refractivity contribution in [2.75, 3.05) is 0 Å². The molecule has 250 valence electrons. The molecule has 54 heavy (non-hydrogen) atoms. The summed E-state index contributed by atoms with van der Waals surface area (Å²) in [4.78, 5) is 18.7. The van der Waals surface area contributed by atoms with E-state index < -0.39 is 0 Å².